The highest BCUT2D eigenvalue weighted by Gasteiger charge is 2.41. The van der Waals surface area contributed by atoms with Crippen LogP contribution in [-0.2, 0) is 17.4 Å². The molecule has 0 aliphatic carbocycles. The van der Waals surface area contributed by atoms with E-state index in [-0.39, 0.29) is 21.1 Å². The first-order valence-electron chi connectivity index (χ1n) is 10.5. The molecule has 3 nitrogen and oxygen atoms in total. The molecule has 2 rings (SSSR count). The summed E-state index contributed by atoms with van der Waals surface area (Å²) in [6, 6.07) is 3.64. The van der Waals surface area contributed by atoms with E-state index in [0.717, 1.165) is 19.1 Å². The van der Waals surface area contributed by atoms with Crippen molar-refractivity contribution in [2.45, 2.75) is 37.4 Å². The molecule has 39 heavy (non-hydrogen) atoms. The van der Waals surface area contributed by atoms with Gasteiger partial charge in [-0.15, -0.1) is 0 Å². The molecule has 0 saturated carbocycles. The summed E-state index contributed by atoms with van der Waals surface area (Å²) in [4.78, 5) is 12.4. The topological polar surface area (TPSA) is 52.2 Å². The van der Waals surface area contributed by atoms with Gasteiger partial charge in [0.1, 0.15) is 17.5 Å². The van der Waals surface area contributed by atoms with E-state index in [1.807, 2.05) is 5.32 Å². The molecular formula is C23H17Br2F10NO2S. The van der Waals surface area contributed by atoms with E-state index in [2.05, 4.69) is 31.9 Å². The molecule has 16 heteroatoms. The summed E-state index contributed by atoms with van der Waals surface area (Å²) in [5, 5.41) is 1.99. The highest BCUT2D eigenvalue weighted by atomic mass is 79.9. The smallest absolute Gasteiger partial charge is 0.433 e. The summed E-state index contributed by atoms with van der Waals surface area (Å²) in [6.07, 6.45) is -14.9. The normalized spacial score (nSPS) is 15.6. The Balaban J connectivity index is 2.41. The summed E-state index contributed by atoms with van der Waals surface area (Å²) in [7, 11) is 0. The highest BCUT2D eigenvalue weighted by molar-refractivity contribution is 9.11. The van der Waals surface area contributed by atoms with Crippen molar-refractivity contribution in [1.29, 1.82) is 0 Å². The molecule has 3 atom stereocenters. The number of carbonyl (C=O) groups is 1. The van der Waals surface area contributed by atoms with Gasteiger partial charge in [-0.2, -0.15) is 39.5 Å². The fourth-order valence-electron chi connectivity index (χ4n) is 3.37. The second-order valence-electron chi connectivity index (χ2n) is 8.24. The molecule has 0 aromatic heterocycles. The standard InChI is InChI=1S/C23H17Br2F10NO2S/c1-11(9-39(38)10-21(27,28)29)36-20(37)16-3-2-12(6-18(16)23(33,34)35)19(26)8-17(22(30,31)32)13-4-14(24)7-15(25)5-13/h2-8,11,17H,9-10H2,1H3,(H,36,37)/b19-8-/t11-,17?,39?/m1/s1. The number of amides is 1. The third-order valence-corrected chi connectivity index (χ3v) is 7.33. The van der Waals surface area contributed by atoms with Gasteiger partial charge in [-0.25, -0.2) is 4.39 Å². The third kappa shape index (κ3) is 10.3. The Kier molecular flexibility index (Phi) is 11.0. The minimum absolute atomic E-state index is 0.0987. The molecule has 0 aliphatic heterocycles. The maximum Gasteiger partial charge on any atom is 0.433 e. The van der Waals surface area contributed by atoms with E-state index in [9.17, 15) is 53.3 Å². The van der Waals surface area contributed by atoms with E-state index < -0.39 is 87.2 Å². The number of halogens is 12. The molecule has 2 aromatic rings. The first-order chi connectivity index (χ1) is 17.7. The average molecular weight is 721 g/mol. The lowest BCUT2D eigenvalue weighted by atomic mass is 9.95. The maximum absolute atomic E-state index is 14.9. The Labute approximate surface area is 235 Å². The lowest BCUT2D eigenvalue weighted by Crippen LogP contribution is -2.40. The molecule has 0 fully saturated rings. The minimum Gasteiger partial charge on any atom is -0.616 e. The van der Waals surface area contributed by atoms with Crippen LogP contribution in [0.15, 0.2) is 51.4 Å². The summed E-state index contributed by atoms with van der Waals surface area (Å²) in [5.41, 5.74) is -4.07. The number of rotatable bonds is 8. The van der Waals surface area contributed by atoms with Crippen molar-refractivity contribution in [1.82, 2.24) is 5.32 Å². The summed E-state index contributed by atoms with van der Waals surface area (Å²) in [5.74, 6) is -8.00. The molecule has 2 unspecified atom stereocenters. The predicted molar refractivity (Wildman–Crippen MR) is 132 cm³/mol. The molecule has 1 amide bonds. The van der Waals surface area contributed by atoms with Gasteiger partial charge in [0.15, 0.2) is 0 Å². The first kappa shape index (κ1) is 33.4. The van der Waals surface area contributed by atoms with Crippen LogP contribution < -0.4 is 5.32 Å². The second-order valence-corrected chi connectivity index (χ2v) is 11.6. The SMILES string of the molecule is C[C@H](C[S+]([O-])CC(F)(F)F)NC(=O)c1ccc(/C(F)=C/C(c2cc(Br)cc(Br)c2)C(F)(F)F)cc1C(F)(F)F. The van der Waals surface area contributed by atoms with E-state index in [0.29, 0.717) is 12.1 Å². The van der Waals surface area contributed by atoms with Crippen LogP contribution in [0.3, 0.4) is 0 Å². The Morgan fingerprint density at radius 3 is 2.05 bits per heavy atom. The Morgan fingerprint density at radius 1 is 1.00 bits per heavy atom. The van der Waals surface area contributed by atoms with Gasteiger partial charge in [0.05, 0.1) is 17.2 Å². The van der Waals surface area contributed by atoms with E-state index in [4.69, 9.17) is 0 Å². The molecule has 0 saturated heterocycles. The third-order valence-electron chi connectivity index (χ3n) is 4.89. The number of alkyl halides is 9. The average Bonchev–Trinajstić information content (AvgIpc) is 2.73. The zero-order valence-electron chi connectivity index (χ0n) is 19.4. The fraction of sp³-hybridized carbons (Fsp3) is 0.348. The largest absolute Gasteiger partial charge is 0.616 e. The van der Waals surface area contributed by atoms with Gasteiger partial charge >= 0.3 is 18.5 Å². The predicted octanol–water partition coefficient (Wildman–Crippen LogP) is 8.32. The molecule has 0 heterocycles. The van der Waals surface area contributed by atoms with Gasteiger partial charge in [0.2, 0.25) is 5.75 Å². The van der Waals surface area contributed by atoms with Gasteiger partial charge in [0, 0.05) is 14.5 Å². The van der Waals surface area contributed by atoms with Crippen LogP contribution in [0.1, 0.15) is 39.9 Å². The van der Waals surface area contributed by atoms with Crippen molar-refractivity contribution in [2.75, 3.05) is 11.5 Å². The molecule has 1 N–H and O–H groups in total. The molecule has 0 aliphatic rings. The second kappa shape index (κ2) is 12.8. The first-order valence-corrected chi connectivity index (χ1v) is 13.6. The van der Waals surface area contributed by atoms with Gasteiger partial charge < -0.3 is 9.87 Å². The highest BCUT2D eigenvalue weighted by Crippen LogP contribution is 2.41. The van der Waals surface area contributed by atoms with E-state index >= 15 is 0 Å². The van der Waals surface area contributed by atoms with Crippen LogP contribution in [0.2, 0.25) is 0 Å². The Bertz CT molecular complexity index is 1190. The summed E-state index contributed by atoms with van der Waals surface area (Å²) >= 11 is 3.55. The van der Waals surface area contributed by atoms with Crippen LogP contribution in [0.4, 0.5) is 43.9 Å². The molecule has 0 radical (unpaired) electrons. The number of hydrogen-bond acceptors (Lipinski definition) is 2. The Hall–Kier alpha value is -1.78. The van der Waals surface area contributed by atoms with Gasteiger partial charge in [0.25, 0.3) is 5.91 Å². The van der Waals surface area contributed by atoms with Crippen LogP contribution >= 0.6 is 31.9 Å². The van der Waals surface area contributed by atoms with Crippen molar-refractivity contribution in [2.24, 2.45) is 0 Å². The van der Waals surface area contributed by atoms with Crippen molar-refractivity contribution in [3.8, 4) is 0 Å². The number of benzene rings is 2. The summed E-state index contributed by atoms with van der Waals surface area (Å²) < 4.78 is 146. The van der Waals surface area contributed by atoms with E-state index in [1.54, 1.807) is 0 Å². The molecule has 0 spiro atoms. The van der Waals surface area contributed by atoms with Gasteiger partial charge in [-0.05, 0) is 60.1 Å². The zero-order chi connectivity index (χ0) is 29.9. The maximum atomic E-state index is 14.9. The lowest BCUT2D eigenvalue weighted by molar-refractivity contribution is -0.140. The van der Waals surface area contributed by atoms with Gasteiger partial charge in [-0.3, -0.25) is 4.79 Å². The monoisotopic (exact) mass is 719 g/mol. The molecule has 216 valence electrons. The molecule has 2 aromatic carbocycles. The van der Waals surface area contributed by atoms with Gasteiger partial charge in [-0.1, -0.05) is 37.9 Å². The van der Waals surface area contributed by atoms with Crippen LogP contribution in [0.5, 0.6) is 0 Å². The number of hydrogen-bond donors (Lipinski definition) is 1. The number of nitrogens with one attached hydrogen (secondary N) is 1. The quantitative estimate of drug-likeness (QED) is 0.220. The minimum atomic E-state index is -5.26. The molecule has 0 bridgehead atoms. The Morgan fingerprint density at radius 2 is 1.56 bits per heavy atom. The fourth-order valence-corrected chi connectivity index (χ4v) is 5.82. The molecular weight excluding hydrogens is 704 g/mol. The van der Waals surface area contributed by atoms with E-state index in [1.165, 1.54) is 6.07 Å². The van der Waals surface area contributed by atoms with Crippen LogP contribution in [-0.4, -0.2) is 40.4 Å². The van der Waals surface area contributed by atoms with Crippen LogP contribution in [0.25, 0.3) is 5.83 Å². The van der Waals surface area contributed by atoms with Crippen molar-refractivity contribution < 1.29 is 53.3 Å². The number of carbonyl (C=O) groups excluding carboxylic acids is 1. The zero-order valence-corrected chi connectivity index (χ0v) is 23.4. The van der Waals surface area contributed by atoms with Crippen molar-refractivity contribution in [3.05, 3.63) is 73.7 Å². The van der Waals surface area contributed by atoms with Crippen molar-refractivity contribution in [3.63, 3.8) is 0 Å². The lowest BCUT2D eigenvalue weighted by Gasteiger charge is -2.20. The van der Waals surface area contributed by atoms with Crippen molar-refractivity contribution >= 4 is 54.8 Å². The number of allylic oxidation sites excluding steroid dienone is 1. The van der Waals surface area contributed by atoms with Crippen LogP contribution in [0, 0.1) is 0 Å². The summed E-state index contributed by atoms with van der Waals surface area (Å²) in [6.45, 7) is 1.12.